The van der Waals surface area contributed by atoms with Crippen LogP contribution in [0.3, 0.4) is 0 Å². The van der Waals surface area contributed by atoms with Crippen LogP contribution in [0.15, 0.2) is 224 Å². The number of anilines is 3. The lowest BCUT2D eigenvalue weighted by Crippen LogP contribution is -2.10. The largest absolute Gasteiger partial charge is 0.310 e. The van der Waals surface area contributed by atoms with Crippen LogP contribution in [0.4, 0.5) is 17.1 Å². The summed E-state index contributed by atoms with van der Waals surface area (Å²) in [5.74, 6) is 0. The van der Waals surface area contributed by atoms with Gasteiger partial charge in [0.25, 0.3) is 0 Å². The maximum Gasteiger partial charge on any atom is 0.0651 e. The fraction of sp³-hybridized carbons (Fsp3) is 0. The molecule has 0 unspecified atom stereocenters. The van der Waals surface area contributed by atoms with Gasteiger partial charge in [-0.05, 0) is 115 Å². The zero-order valence-corrected chi connectivity index (χ0v) is 28.7. The van der Waals surface area contributed by atoms with Crippen LogP contribution in [0, 0.1) is 0 Å². The highest BCUT2D eigenvalue weighted by Crippen LogP contribution is 2.39. The Balaban J connectivity index is 1.24. The molecule has 0 heterocycles. The average Bonchev–Trinajstić information content (AvgIpc) is 3.31. The van der Waals surface area contributed by atoms with E-state index in [-0.39, 0.29) is 58.8 Å². The first kappa shape index (κ1) is 24.3. The van der Waals surface area contributed by atoms with Crippen molar-refractivity contribution >= 4 is 27.8 Å². The van der Waals surface area contributed by atoms with Crippen LogP contribution < -0.4 is 4.90 Å². The topological polar surface area (TPSA) is 3.24 Å². The lowest BCUT2D eigenvalue weighted by molar-refractivity contribution is 1.28. The molecule has 0 aliphatic rings. The van der Waals surface area contributed by atoms with Gasteiger partial charge < -0.3 is 4.90 Å². The highest BCUT2D eigenvalue weighted by molar-refractivity contribution is 5.89. The van der Waals surface area contributed by atoms with Crippen LogP contribution in [0.5, 0.6) is 0 Å². The van der Waals surface area contributed by atoms with E-state index in [1.165, 1.54) is 4.90 Å². The fourth-order valence-electron chi connectivity index (χ4n) is 6.64. The zero-order chi connectivity index (χ0) is 42.4. The highest BCUT2D eigenvalue weighted by Gasteiger charge is 2.15. The maximum atomic E-state index is 9.72. The molecule has 0 aliphatic heterocycles. The molecule has 0 bridgehead atoms. The van der Waals surface area contributed by atoms with Crippen molar-refractivity contribution in [1.82, 2.24) is 0 Å². The van der Waals surface area contributed by atoms with Crippen molar-refractivity contribution < 1.29 is 11.0 Å². The Bertz CT molecular complexity index is 3070. The van der Waals surface area contributed by atoms with Crippen LogP contribution in [-0.4, -0.2) is 0 Å². The second-order valence-electron chi connectivity index (χ2n) is 12.8. The number of fused-ring (bicyclic) bond motifs is 1. The highest BCUT2D eigenvalue weighted by atomic mass is 15.1. The summed E-state index contributed by atoms with van der Waals surface area (Å²) in [6.45, 7) is 0. The molecule has 0 atom stereocenters. The Morgan fingerprint density at radius 3 is 1.45 bits per heavy atom. The van der Waals surface area contributed by atoms with Gasteiger partial charge in [-0.1, -0.05) is 176 Å². The summed E-state index contributed by atoms with van der Waals surface area (Å²) in [5, 5.41) is 1.83. The molecule has 9 aromatic carbocycles. The van der Waals surface area contributed by atoms with Crippen LogP contribution in [0.2, 0.25) is 0 Å². The molecule has 0 radical (unpaired) electrons. The molecule has 53 heavy (non-hydrogen) atoms. The van der Waals surface area contributed by atoms with Crippen molar-refractivity contribution in [1.29, 1.82) is 0 Å². The number of nitrogens with zero attached hydrogens (tertiary/aromatic N) is 1. The summed E-state index contributed by atoms with van der Waals surface area (Å²) in [7, 11) is 0. The molecule has 0 aliphatic carbocycles. The van der Waals surface area contributed by atoms with Gasteiger partial charge in [-0.2, -0.15) is 0 Å². The summed E-state index contributed by atoms with van der Waals surface area (Å²) in [6, 6.07) is 53.1. The quantitative estimate of drug-likeness (QED) is 0.154. The lowest BCUT2D eigenvalue weighted by atomic mass is 9.98. The van der Waals surface area contributed by atoms with Gasteiger partial charge in [-0.25, -0.2) is 0 Å². The molecule has 0 N–H and O–H groups in total. The monoisotopic (exact) mass is 683 g/mol. The minimum Gasteiger partial charge on any atom is -0.310 e. The lowest BCUT2D eigenvalue weighted by Gasteiger charge is -2.26. The van der Waals surface area contributed by atoms with Gasteiger partial charge in [0.1, 0.15) is 0 Å². The standard InChI is InChI=1S/C52H37N/c1-3-11-38(12-4-1)41-21-23-42(24-22-41)43-27-31-50(32-28-43)53(52-20-10-19-48(37-52)49-26-25-40-15-7-8-16-45(40)36-49)51-33-29-44(30-34-51)47-18-9-17-46(35-47)39-13-5-2-6-14-39/h1-37H/i10D,19D,20D,27D,28D,31D,32D,37D. The van der Waals surface area contributed by atoms with Gasteiger partial charge in [0.2, 0.25) is 0 Å². The zero-order valence-electron chi connectivity index (χ0n) is 36.7. The Labute approximate surface area is 323 Å². The molecule has 0 fully saturated rings. The predicted octanol–water partition coefficient (Wildman–Crippen LogP) is 14.6. The van der Waals surface area contributed by atoms with Crippen molar-refractivity contribution in [3.05, 3.63) is 224 Å². The van der Waals surface area contributed by atoms with Crippen LogP contribution >= 0.6 is 0 Å². The van der Waals surface area contributed by atoms with Crippen LogP contribution in [0.25, 0.3) is 66.4 Å². The molecule has 0 saturated carbocycles. The van der Waals surface area contributed by atoms with E-state index in [9.17, 15) is 8.22 Å². The third-order valence-corrected chi connectivity index (χ3v) is 9.42. The maximum absolute atomic E-state index is 9.72. The Kier molecular flexibility index (Phi) is 6.57. The van der Waals surface area contributed by atoms with Crippen LogP contribution in [-0.2, 0) is 0 Å². The van der Waals surface area contributed by atoms with E-state index in [2.05, 4.69) is 18.2 Å². The molecular weight excluding hydrogens is 639 g/mol. The summed E-state index contributed by atoms with van der Waals surface area (Å²) in [4.78, 5) is 1.39. The summed E-state index contributed by atoms with van der Waals surface area (Å²) >= 11 is 0. The van der Waals surface area contributed by atoms with E-state index in [0.29, 0.717) is 16.8 Å². The SMILES string of the molecule is [2H]c1c([2H])c(-c2ccc3ccccc3c2)c([2H])c(N(c2ccc(-c3cccc(-c4ccccc4)c3)cc2)c2c([2H])c([2H])c(-c3ccc(-c4ccccc4)cc3)c([2H])c2[2H])c1[2H]. The summed E-state index contributed by atoms with van der Waals surface area (Å²) in [6.07, 6.45) is 0. The molecule has 0 aromatic heterocycles. The van der Waals surface area contributed by atoms with Gasteiger partial charge >= 0.3 is 0 Å². The molecule has 9 rings (SSSR count). The first-order valence-electron chi connectivity index (χ1n) is 21.5. The van der Waals surface area contributed by atoms with Gasteiger partial charge in [-0.3, -0.25) is 0 Å². The van der Waals surface area contributed by atoms with Crippen molar-refractivity contribution in [2.24, 2.45) is 0 Å². The minimum absolute atomic E-state index is 0.115. The Morgan fingerprint density at radius 2 is 0.774 bits per heavy atom. The molecule has 0 spiro atoms. The van der Waals surface area contributed by atoms with E-state index in [1.807, 2.05) is 127 Å². The Morgan fingerprint density at radius 1 is 0.283 bits per heavy atom. The molecule has 1 nitrogen and oxygen atoms in total. The summed E-state index contributed by atoms with van der Waals surface area (Å²) in [5.41, 5.74) is 7.15. The second kappa shape index (κ2) is 14.3. The van der Waals surface area contributed by atoms with Gasteiger partial charge in [0.15, 0.2) is 0 Å². The molecule has 0 amide bonds. The first-order chi connectivity index (χ1) is 29.6. The van der Waals surface area contributed by atoms with Crippen LogP contribution in [0.1, 0.15) is 11.0 Å². The van der Waals surface area contributed by atoms with E-state index in [4.69, 9.17) is 2.74 Å². The third kappa shape index (κ3) is 6.77. The molecule has 1 heteroatoms. The first-order valence-corrected chi connectivity index (χ1v) is 17.5. The van der Waals surface area contributed by atoms with Crippen molar-refractivity contribution in [3.8, 4) is 55.6 Å². The van der Waals surface area contributed by atoms with Gasteiger partial charge in [0.05, 0.1) is 11.0 Å². The normalized spacial score (nSPS) is 13.1. The Hall–Kier alpha value is -6.96. The number of hydrogen-bond donors (Lipinski definition) is 0. The van der Waals surface area contributed by atoms with Gasteiger partial charge in [0, 0.05) is 17.1 Å². The fourth-order valence-corrected chi connectivity index (χ4v) is 6.64. The predicted molar refractivity (Wildman–Crippen MR) is 226 cm³/mol. The van der Waals surface area contributed by atoms with Crippen molar-refractivity contribution in [2.45, 2.75) is 0 Å². The second-order valence-corrected chi connectivity index (χ2v) is 12.8. The van der Waals surface area contributed by atoms with E-state index in [0.717, 1.165) is 44.2 Å². The molecule has 9 aromatic rings. The number of hydrogen-bond acceptors (Lipinski definition) is 1. The minimum atomic E-state index is -0.448. The van der Waals surface area contributed by atoms with Crippen molar-refractivity contribution in [3.63, 3.8) is 0 Å². The average molecular weight is 684 g/mol. The smallest absolute Gasteiger partial charge is 0.0651 e. The number of rotatable bonds is 8. The van der Waals surface area contributed by atoms with Gasteiger partial charge in [-0.15, -0.1) is 0 Å². The molecule has 0 saturated heterocycles. The third-order valence-electron chi connectivity index (χ3n) is 9.42. The van der Waals surface area contributed by atoms with E-state index >= 15 is 0 Å². The van der Waals surface area contributed by atoms with E-state index < -0.39 is 12.1 Å². The van der Waals surface area contributed by atoms with Crippen molar-refractivity contribution in [2.75, 3.05) is 4.90 Å². The molecular formula is C52H37N. The van der Waals surface area contributed by atoms with E-state index in [1.54, 1.807) is 30.3 Å². The summed E-state index contributed by atoms with van der Waals surface area (Å²) < 4.78 is 74.8. The number of benzene rings is 9. The molecule has 250 valence electrons.